The average Bonchev–Trinajstić information content (AvgIpc) is 2.38. The van der Waals surface area contributed by atoms with Crippen molar-refractivity contribution in [1.29, 1.82) is 0 Å². The van der Waals surface area contributed by atoms with E-state index in [2.05, 4.69) is 9.89 Å². The van der Waals surface area contributed by atoms with E-state index in [1.807, 2.05) is 18.7 Å². The predicted octanol–water partition coefficient (Wildman–Crippen LogP) is 0.640. The fourth-order valence-corrected chi connectivity index (χ4v) is 3.72. The molecule has 0 spiro atoms. The second-order valence-electron chi connectivity index (χ2n) is 4.45. The molecule has 20 heavy (non-hydrogen) atoms. The molecule has 6 nitrogen and oxygen atoms in total. The lowest BCUT2D eigenvalue weighted by Gasteiger charge is -2.27. The van der Waals surface area contributed by atoms with Crippen LogP contribution in [0.5, 0.6) is 0 Å². The van der Waals surface area contributed by atoms with Crippen molar-refractivity contribution in [1.82, 2.24) is 9.21 Å². The van der Waals surface area contributed by atoms with Crippen LogP contribution in [0, 0.1) is 0 Å². The van der Waals surface area contributed by atoms with Crippen molar-refractivity contribution in [2.24, 2.45) is 10.7 Å². The molecule has 0 aromatic carbocycles. The number of hydrogen-bond acceptors (Lipinski definition) is 4. The predicted molar refractivity (Wildman–Crippen MR) is 97.5 cm³/mol. The molecule has 0 radical (unpaired) electrons. The molecule has 1 saturated heterocycles. The number of nitrogens with zero attached hydrogens (tertiary/aromatic N) is 3. The number of guanidine groups is 1. The SMILES string of the molecule is CCN(CCCN=C(N)N1CCSCC1)S(C)(=O)=O.I. The number of hydrogen-bond donors (Lipinski definition) is 1. The van der Waals surface area contributed by atoms with E-state index in [1.165, 1.54) is 10.6 Å². The van der Waals surface area contributed by atoms with Crippen molar-refractivity contribution in [2.75, 3.05) is 50.5 Å². The van der Waals surface area contributed by atoms with Crippen LogP contribution >= 0.6 is 35.7 Å². The van der Waals surface area contributed by atoms with Gasteiger partial charge in [-0.1, -0.05) is 6.92 Å². The number of halogens is 1. The molecule has 1 aliphatic heterocycles. The third-order valence-corrected chi connectivity index (χ3v) is 5.32. The summed E-state index contributed by atoms with van der Waals surface area (Å²) < 4.78 is 24.2. The van der Waals surface area contributed by atoms with E-state index in [0.717, 1.165) is 24.6 Å². The molecule has 120 valence electrons. The van der Waals surface area contributed by atoms with Crippen molar-refractivity contribution in [2.45, 2.75) is 13.3 Å². The van der Waals surface area contributed by atoms with Crippen LogP contribution in [-0.2, 0) is 10.0 Å². The zero-order valence-electron chi connectivity index (χ0n) is 12.1. The minimum absolute atomic E-state index is 0. The van der Waals surface area contributed by atoms with Gasteiger partial charge in [0, 0.05) is 44.2 Å². The molecule has 9 heteroatoms. The highest BCUT2D eigenvalue weighted by Gasteiger charge is 2.14. The van der Waals surface area contributed by atoms with E-state index in [4.69, 9.17) is 5.73 Å². The summed E-state index contributed by atoms with van der Waals surface area (Å²) in [6.45, 7) is 5.31. The minimum Gasteiger partial charge on any atom is -0.370 e. The molecule has 0 bridgehead atoms. The lowest BCUT2D eigenvalue weighted by atomic mass is 10.4. The first-order valence-electron chi connectivity index (χ1n) is 6.53. The van der Waals surface area contributed by atoms with Gasteiger partial charge in [0.15, 0.2) is 5.96 Å². The maximum Gasteiger partial charge on any atom is 0.211 e. The zero-order chi connectivity index (χ0) is 14.3. The highest BCUT2D eigenvalue weighted by Crippen LogP contribution is 2.08. The molecule has 0 aromatic heterocycles. The Bertz CT molecular complexity index is 397. The van der Waals surface area contributed by atoms with E-state index < -0.39 is 10.0 Å². The highest BCUT2D eigenvalue weighted by atomic mass is 127. The summed E-state index contributed by atoms with van der Waals surface area (Å²) in [6.07, 6.45) is 1.93. The van der Waals surface area contributed by atoms with Gasteiger partial charge in [-0.15, -0.1) is 24.0 Å². The van der Waals surface area contributed by atoms with Crippen molar-refractivity contribution in [3.8, 4) is 0 Å². The summed E-state index contributed by atoms with van der Waals surface area (Å²) in [7, 11) is -3.10. The van der Waals surface area contributed by atoms with Crippen LogP contribution in [0.2, 0.25) is 0 Å². The second-order valence-corrected chi connectivity index (χ2v) is 7.65. The Morgan fingerprint density at radius 2 is 2.00 bits per heavy atom. The molecule has 1 heterocycles. The molecule has 0 aliphatic carbocycles. The van der Waals surface area contributed by atoms with Crippen LogP contribution in [-0.4, -0.2) is 74.1 Å². The molecule has 0 saturated carbocycles. The van der Waals surface area contributed by atoms with E-state index in [1.54, 1.807) is 0 Å². The van der Waals surface area contributed by atoms with Gasteiger partial charge in [0.2, 0.25) is 10.0 Å². The maximum absolute atomic E-state index is 11.4. The Morgan fingerprint density at radius 1 is 1.40 bits per heavy atom. The summed E-state index contributed by atoms with van der Waals surface area (Å²) >= 11 is 1.93. The van der Waals surface area contributed by atoms with Gasteiger partial charge in [-0.25, -0.2) is 12.7 Å². The lowest BCUT2D eigenvalue weighted by molar-refractivity contribution is 0.424. The van der Waals surface area contributed by atoms with Crippen LogP contribution < -0.4 is 5.73 Å². The summed E-state index contributed by atoms with van der Waals surface area (Å²) in [5.74, 6) is 2.77. The third kappa shape index (κ3) is 7.32. The van der Waals surface area contributed by atoms with Crippen molar-refractivity contribution in [3.63, 3.8) is 0 Å². The molecular formula is C11H25IN4O2S2. The first kappa shape index (κ1) is 20.3. The molecular weight excluding hydrogens is 411 g/mol. The van der Waals surface area contributed by atoms with E-state index in [-0.39, 0.29) is 24.0 Å². The summed E-state index contributed by atoms with van der Waals surface area (Å²) in [4.78, 5) is 6.41. The maximum atomic E-state index is 11.4. The fraction of sp³-hybridized carbons (Fsp3) is 0.909. The molecule has 0 unspecified atom stereocenters. The topological polar surface area (TPSA) is 79.0 Å². The van der Waals surface area contributed by atoms with Crippen LogP contribution in [0.15, 0.2) is 4.99 Å². The van der Waals surface area contributed by atoms with E-state index in [9.17, 15) is 8.42 Å². The normalized spacial score (nSPS) is 17.1. The van der Waals surface area contributed by atoms with Crippen LogP contribution in [0.3, 0.4) is 0 Å². The average molecular weight is 436 g/mol. The Morgan fingerprint density at radius 3 is 2.50 bits per heavy atom. The van der Waals surface area contributed by atoms with Gasteiger partial charge < -0.3 is 10.6 Å². The van der Waals surface area contributed by atoms with Gasteiger partial charge >= 0.3 is 0 Å². The third-order valence-electron chi connectivity index (χ3n) is 3.00. The Kier molecular flexibility index (Phi) is 10.2. The van der Waals surface area contributed by atoms with Gasteiger partial charge in [0.1, 0.15) is 0 Å². The van der Waals surface area contributed by atoms with Gasteiger partial charge in [-0.2, -0.15) is 11.8 Å². The number of rotatable bonds is 6. The largest absolute Gasteiger partial charge is 0.370 e. The monoisotopic (exact) mass is 436 g/mol. The molecule has 0 amide bonds. The molecule has 0 atom stereocenters. The Hall–Kier alpha value is 0.260. The zero-order valence-corrected chi connectivity index (χ0v) is 16.1. The van der Waals surface area contributed by atoms with Crippen LogP contribution in [0.25, 0.3) is 0 Å². The van der Waals surface area contributed by atoms with Crippen LogP contribution in [0.1, 0.15) is 13.3 Å². The summed E-state index contributed by atoms with van der Waals surface area (Å²) in [6, 6.07) is 0. The van der Waals surface area contributed by atoms with Gasteiger partial charge in [0.25, 0.3) is 0 Å². The summed E-state index contributed by atoms with van der Waals surface area (Å²) in [5.41, 5.74) is 5.92. The van der Waals surface area contributed by atoms with Gasteiger partial charge in [-0.05, 0) is 6.42 Å². The Labute approximate surface area is 143 Å². The Balaban J connectivity index is 0.00000361. The lowest BCUT2D eigenvalue weighted by Crippen LogP contribution is -2.42. The van der Waals surface area contributed by atoms with Gasteiger partial charge in [0.05, 0.1) is 6.26 Å². The quantitative estimate of drug-likeness (QED) is 0.286. The summed E-state index contributed by atoms with van der Waals surface area (Å²) in [5, 5.41) is 0. The van der Waals surface area contributed by atoms with Crippen molar-refractivity contribution in [3.05, 3.63) is 0 Å². The van der Waals surface area contributed by atoms with E-state index in [0.29, 0.717) is 32.0 Å². The number of nitrogens with two attached hydrogens (primary N) is 1. The number of sulfonamides is 1. The second kappa shape index (κ2) is 10.1. The first-order chi connectivity index (χ1) is 8.95. The highest BCUT2D eigenvalue weighted by molar-refractivity contribution is 14.0. The fourth-order valence-electron chi connectivity index (χ4n) is 1.89. The molecule has 1 rings (SSSR count). The molecule has 1 aliphatic rings. The number of thioether (sulfide) groups is 1. The molecule has 2 N–H and O–H groups in total. The smallest absolute Gasteiger partial charge is 0.211 e. The first-order valence-corrected chi connectivity index (χ1v) is 9.53. The van der Waals surface area contributed by atoms with Crippen molar-refractivity contribution >= 4 is 51.7 Å². The van der Waals surface area contributed by atoms with Gasteiger partial charge in [-0.3, -0.25) is 4.99 Å². The number of aliphatic imine (C=N–C) groups is 1. The van der Waals surface area contributed by atoms with E-state index >= 15 is 0 Å². The minimum atomic E-state index is -3.10. The van der Waals surface area contributed by atoms with Crippen molar-refractivity contribution < 1.29 is 8.42 Å². The van der Waals surface area contributed by atoms with Crippen LogP contribution in [0.4, 0.5) is 0 Å². The molecule has 1 fully saturated rings. The molecule has 0 aromatic rings. The standard InChI is InChI=1S/C11H24N4O2S2.HI/c1-3-15(19(2,16)17)6-4-5-13-11(12)14-7-9-18-10-8-14;/h3-10H2,1-2H3,(H2,12,13);1H.